The summed E-state index contributed by atoms with van der Waals surface area (Å²) in [6.45, 7) is 4.77. The molecule has 7 nitrogen and oxygen atoms in total. The fourth-order valence-electron chi connectivity index (χ4n) is 3.46. The van der Waals surface area contributed by atoms with Crippen LogP contribution in [0.2, 0.25) is 0 Å². The smallest absolute Gasteiger partial charge is 0.260 e. The number of methoxy groups -OCH3 is 1. The van der Waals surface area contributed by atoms with Gasteiger partial charge in [0.1, 0.15) is 11.5 Å². The number of likely N-dealkylation sites (tertiary alicyclic amines) is 1. The second-order valence-electron chi connectivity index (χ2n) is 7.06. The van der Waals surface area contributed by atoms with E-state index in [4.69, 9.17) is 14.0 Å². The molecule has 0 radical (unpaired) electrons. The molecule has 1 aromatic carbocycles. The number of aromatic nitrogens is 1. The largest absolute Gasteiger partial charge is 0.484 e. The average Bonchev–Trinajstić information content (AvgIpc) is 3.31. The van der Waals surface area contributed by atoms with Crippen molar-refractivity contribution in [3.8, 4) is 5.75 Å². The van der Waals surface area contributed by atoms with Crippen LogP contribution in [0.4, 0.5) is 0 Å². The molecule has 1 fully saturated rings. The quantitative estimate of drug-likeness (QED) is 0.649. The predicted octanol–water partition coefficient (Wildman–Crippen LogP) is 2.67. The number of Topliss-reactive ketones (excluding diaryl/α,β-unsaturated/α-hetero) is 1. The maximum Gasteiger partial charge on any atom is 0.260 e. The lowest BCUT2D eigenvalue weighted by molar-refractivity contribution is -0.132. The Morgan fingerprint density at radius 3 is 2.61 bits per heavy atom. The second kappa shape index (κ2) is 9.01. The van der Waals surface area contributed by atoms with E-state index in [1.807, 2.05) is 19.9 Å². The number of hydrogen-bond acceptors (Lipinski definition) is 6. The number of hydrogen-bond donors (Lipinski definition) is 0. The summed E-state index contributed by atoms with van der Waals surface area (Å²) in [7, 11) is 1.66. The Hall–Kier alpha value is -2.67. The van der Waals surface area contributed by atoms with E-state index in [0.717, 1.165) is 11.5 Å². The number of aryl methyl sites for hydroxylation is 1. The van der Waals surface area contributed by atoms with E-state index in [0.29, 0.717) is 37.2 Å². The van der Waals surface area contributed by atoms with Crippen LogP contribution in [0.1, 0.15) is 35.2 Å². The molecule has 3 rings (SSSR count). The lowest BCUT2D eigenvalue weighted by atomic mass is 10.0. The van der Waals surface area contributed by atoms with Gasteiger partial charge < -0.3 is 18.9 Å². The molecule has 0 bridgehead atoms. The summed E-state index contributed by atoms with van der Waals surface area (Å²) in [4.78, 5) is 26.0. The first kappa shape index (κ1) is 20.1. The van der Waals surface area contributed by atoms with Crippen LogP contribution in [-0.2, 0) is 16.0 Å². The summed E-state index contributed by atoms with van der Waals surface area (Å²) in [5.41, 5.74) is 1.49. The SMILES string of the molecule is CCC(=O)c1ccc(OCC(=O)N2C[C@@H](Cc3cc(C)no3)[C@@H](OC)C2)cc1. The van der Waals surface area contributed by atoms with Gasteiger partial charge >= 0.3 is 0 Å². The number of rotatable bonds is 8. The number of carbonyl (C=O) groups is 2. The minimum atomic E-state index is -0.0907. The Bertz CT molecular complexity index is 814. The van der Waals surface area contributed by atoms with Crippen molar-refractivity contribution in [2.75, 3.05) is 26.8 Å². The zero-order chi connectivity index (χ0) is 20.1. The molecule has 150 valence electrons. The lowest BCUT2D eigenvalue weighted by Gasteiger charge is -2.16. The van der Waals surface area contributed by atoms with Gasteiger partial charge in [-0.3, -0.25) is 9.59 Å². The first-order chi connectivity index (χ1) is 13.5. The molecule has 1 aliphatic rings. The van der Waals surface area contributed by atoms with Crippen molar-refractivity contribution in [3.63, 3.8) is 0 Å². The van der Waals surface area contributed by atoms with Gasteiger partial charge in [-0.2, -0.15) is 0 Å². The molecule has 2 aromatic rings. The molecule has 1 aromatic heterocycles. The Morgan fingerprint density at radius 1 is 1.25 bits per heavy atom. The molecule has 1 amide bonds. The molecular weight excluding hydrogens is 360 g/mol. The fraction of sp³-hybridized carbons (Fsp3) is 0.476. The standard InChI is InChI=1S/C21H26N2O5/c1-4-19(24)15-5-7-17(8-6-15)27-13-21(25)23-11-16(20(12-23)26-3)10-18-9-14(2)22-28-18/h5-9,16,20H,4,10-13H2,1-3H3/t16-,20+/m1/s1. The zero-order valence-corrected chi connectivity index (χ0v) is 16.5. The van der Waals surface area contributed by atoms with E-state index in [-0.39, 0.29) is 30.3 Å². The Morgan fingerprint density at radius 2 is 2.00 bits per heavy atom. The van der Waals surface area contributed by atoms with E-state index in [1.54, 1.807) is 36.3 Å². The van der Waals surface area contributed by atoms with Gasteiger partial charge in [0, 0.05) is 50.6 Å². The topological polar surface area (TPSA) is 81.9 Å². The number of ketones is 1. The molecule has 2 heterocycles. The molecule has 0 aliphatic carbocycles. The second-order valence-corrected chi connectivity index (χ2v) is 7.06. The van der Waals surface area contributed by atoms with Crippen LogP contribution >= 0.6 is 0 Å². The van der Waals surface area contributed by atoms with Crippen molar-refractivity contribution in [1.29, 1.82) is 0 Å². The summed E-state index contributed by atoms with van der Waals surface area (Å²) in [6, 6.07) is 8.78. The summed E-state index contributed by atoms with van der Waals surface area (Å²) in [5.74, 6) is 1.51. The normalized spacial score (nSPS) is 19.0. The predicted molar refractivity (Wildman–Crippen MR) is 102 cm³/mol. The summed E-state index contributed by atoms with van der Waals surface area (Å²) >= 11 is 0. The third-order valence-corrected chi connectivity index (χ3v) is 5.04. The summed E-state index contributed by atoms with van der Waals surface area (Å²) in [6.07, 6.45) is 1.09. The van der Waals surface area contributed by atoms with Gasteiger partial charge in [0.2, 0.25) is 0 Å². The molecular formula is C21H26N2O5. The third kappa shape index (κ3) is 4.78. The molecule has 0 N–H and O–H groups in total. The van der Waals surface area contributed by atoms with Gasteiger partial charge in [-0.1, -0.05) is 12.1 Å². The monoisotopic (exact) mass is 386 g/mol. The molecule has 1 aliphatic heterocycles. The minimum absolute atomic E-state index is 0.0475. The van der Waals surface area contributed by atoms with Crippen molar-refractivity contribution < 1.29 is 23.6 Å². The van der Waals surface area contributed by atoms with Gasteiger partial charge in [-0.15, -0.1) is 0 Å². The molecule has 0 saturated carbocycles. The highest BCUT2D eigenvalue weighted by Crippen LogP contribution is 2.24. The van der Waals surface area contributed by atoms with Crippen LogP contribution in [0.15, 0.2) is 34.9 Å². The zero-order valence-electron chi connectivity index (χ0n) is 16.5. The number of nitrogens with zero attached hydrogens (tertiary/aromatic N) is 2. The van der Waals surface area contributed by atoms with Gasteiger partial charge in [0.15, 0.2) is 12.4 Å². The van der Waals surface area contributed by atoms with Gasteiger partial charge in [0.05, 0.1) is 11.8 Å². The maximum atomic E-state index is 12.6. The van der Waals surface area contributed by atoms with Gasteiger partial charge in [0.25, 0.3) is 5.91 Å². The van der Waals surface area contributed by atoms with Crippen LogP contribution in [0, 0.1) is 12.8 Å². The van der Waals surface area contributed by atoms with E-state index in [9.17, 15) is 9.59 Å². The van der Waals surface area contributed by atoms with Crippen molar-refractivity contribution in [3.05, 3.63) is 47.3 Å². The third-order valence-electron chi connectivity index (χ3n) is 5.04. The van der Waals surface area contributed by atoms with E-state index >= 15 is 0 Å². The van der Waals surface area contributed by atoms with Crippen molar-refractivity contribution in [2.45, 2.75) is 32.8 Å². The molecule has 0 spiro atoms. The first-order valence-electron chi connectivity index (χ1n) is 9.49. The Labute approximate surface area is 164 Å². The van der Waals surface area contributed by atoms with Crippen LogP contribution in [-0.4, -0.2) is 54.7 Å². The van der Waals surface area contributed by atoms with Gasteiger partial charge in [-0.25, -0.2) is 0 Å². The number of benzene rings is 1. The van der Waals surface area contributed by atoms with Crippen LogP contribution in [0.5, 0.6) is 5.75 Å². The highest BCUT2D eigenvalue weighted by atomic mass is 16.5. The molecule has 28 heavy (non-hydrogen) atoms. The Balaban J connectivity index is 1.53. The molecule has 7 heteroatoms. The molecule has 0 unspecified atom stereocenters. The van der Waals surface area contributed by atoms with Gasteiger partial charge in [-0.05, 0) is 31.2 Å². The minimum Gasteiger partial charge on any atom is -0.484 e. The first-order valence-corrected chi connectivity index (χ1v) is 9.49. The maximum absolute atomic E-state index is 12.6. The number of carbonyl (C=O) groups excluding carboxylic acids is 2. The van der Waals surface area contributed by atoms with E-state index in [1.165, 1.54) is 0 Å². The number of amides is 1. The lowest BCUT2D eigenvalue weighted by Crippen LogP contribution is -2.34. The highest BCUT2D eigenvalue weighted by molar-refractivity contribution is 5.95. The molecule has 2 atom stereocenters. The van der Waals surface area contributed by atoms with Crippen LogP contribution < -0.4 is 4.74 Å². The fourth-order valence-corrected chi connectivity index (χ4v) is 3.46. The summed E-state index contributed by atoms with van der Waals surface area (Å²) in [5, 5.41) is 3.91. The van der Waals surface area contributed by atoms with E-state index < -0.39 is 0 Å². The van der Waals surface area contributed by atoms with Crippen molar-refractivity contribution >= 4 is 11.7 Å². The van der Waals surface area contributed by atoms with Crippen LogP contribution in [0.3, 0.4) is 0 Å². The number of ether oxygens (including phenoxy) is 2. The van der Waals surface area contributed by atoms with Crippen molar-refractivity contribution in [1.82, 2.24) is 10.1 Å². The highest BCUT2D eigenvalue weighted by Gasteiger charge is 2.36. The Kier molecular flexibility index (Phi) is 6.46. The molecule has 1 saturated heterocycles. The average molecular weight is 386 g/mol. The van der Waals surface area contributed by atoms with Crippen molar-refractivity contribution in [2.24, 2.45) is 5.92 Å². The summed E-state index contributed by atoms with van der Waals surface area (Å²) < 4.78 is 16.5. The van der Waals surface area contributed by atoms with Crippen LogP contribution in [0.25, 0.3) is 0 Å². The van der Waals surface area contributed by atoms with E-state index in [2.05, 4.69) is 5.16 Å².